The highest BCUT2D eigenvalue weighted by Crippen LogP contribution is 2.24. The van der Waals surface area contributed by atoms with Crippen molar-refractivity contribution in [3.8, 4) is 5.75 Å². The van der Waals surface area contributed by atoms with Gasteiger partial charge >= 0.3 is 0 Å². The fourth-order valence-corrected chi connectivity index (χ4v) is 3.23. The number of sulfonamides is 1. The third kappa shape index (κ3) is 4.54. The lowest BCUT2D eigenvalue weighted by atomic mass is 10.1. The number of hydrogen-bond acceptors (Lipinski definition) is 5. The summed E-state index contributed by atoms with van der Waals surface area (Å²) in [5, 5.41) is 5.17. The lowest BCUT2D eigenvalue weighted by molar-refractivity contribution is -0.127. The zero-order valence-corrected chi connectivity index (χ0v) is 13.8. The third-order valence-corrected chi connectivity index (χ3v) is 4.61. The number of piperidine rings is 1. The molecule has 1 aromatic carbocycles. The smallest absolute Gasteiger partial charge is 0.246 e. The first kappa shape index (κ1) is 17.5. The largest absolute Gasteiger partial charge is 0.495 e. The van der Waals surface area contributed by atoms with Gasteiger partial charge in [-0.25, -0.2) is 13.6 Å². The monoisotopic (exact) mass is 339 g/mol. The van der Waals surface area contributed by atoms with Crippen molar-refractivity contribution in [3.05, 3.63) is 29.8 Å². The second kappa shape index (κ2) is 7.12. The van der Waals surface area contributed by atoms with Gasteiger partial charge in [-0.1, -0.05) is 6.07 Å². The Morgan fingerprint density at radius 3 is 2.78 bits per heavy atom. The Bertz CT molecular complexity index is 715. The van der Waals surface area contributed by atoms with Gasteiger partial charge in [-0.3, -0.25) is 4.79 Å². The number of rotatable bonds is 4. The number of nitrogens with two attached hydrogens (primary N) is 2. The Morgan fingerprint density at radius 2 is 2.17 bits per heavy atom. The van der Waals surface area contributed by atoms with E-state index >= 15 is 0 Å². The Labute approximate surface area is 135 Å². The molecule has 1 heterocycles. The maximum atomic E-state index is 12.1. The molecule has 1 amide bonds. The molecule has 1 aliphatic heterocycles. The molecule has 0 bridgehead atoms. The summed E-state index contributed by atoms with van der Waals surface area (Å²) in [6, 6.07) is 4.54. The van der Waals surface area contributed by atoms with E-state index in [1.807, 2.05) is 0 Å². The van der Waals surface area contributed by atoms with Crippen molar-refractivity contribution in [2.75, 3.05) is 20.2 Å². The first-order valence-electron chi connectivity index (χ1n) is 7.24. The molecule has 0 radical (unpaired) electrons. The molecule has 1 aromatic rings. The normalized spacial score (nSPS) is 19.1. The van der Waals surface area contributed by atoms with Crippen molar-refractivity contribution in [1.29, 1.82) is 0 Å². The minimum Gasteiger partial charge on any atom is -0.495 e. The predicted octanol–water partition coefficient (Wildman–Crippen LogP) is 0.306. The van der Waals surface area contributed by atoms with Crippen LogP contribution in [0.2, 0.25) is 0 Å². The molecule has 1 atom stereocenters. The van der Waals surface area contributed by atoms with Crippen molar-refractivity contribution < 1.29 is 17.9 Å². The van der Waals surface area contributed by atoms with Gasteiger partial charge in [-0.05, 0) is 36.6 Å². The predicted molar refractivity (Wildman–Crippen MR) is 87.2 cm³/mol. The van der Waals surface area contributed by atoms with E-state index in [4.69, 9.17) is 15.6 Å². The van der Waals surface area contributed by atoms with Crippen LogP contribution in [0.15, 0.2) is 29.2 Å². The van der Waals surface area contributed by atoms with Crippen LogP contribution in [0, 0.1) is 0 Å². The fourth-order valence-electron chi connectivity index (χ4n) is 2.50. The number of benzene rings is 1. The van der Waals surface area contributed by atoms with Crippen LogP contribution in [0.3, 0.4) is 0 Å². The lowest BCUT2D eigenvalue weighted by Crippen LogP contribution is -2.45. The summed E-state index contributed by atoms with van der Waals surface area (Å²) in [6.45, 7) is 1.22. The highest BCUT2D eigenvalue weighted by atomic mass is 32.2. The van der Waals surface area contributed by atoms with Gasteiger partial charge in [-0.15, -0.1) is 0 Å². The molecule has 1 fully saturated rings. The van der Waals surface area contributed by atoms with Crippen LogP contribution < -0.4 is 15.6 Å². The van der Waals surface area contributed by atoms with Crippen LogP contribution >= 0.6 is 0 Å². The van der Waals surface area contributed by atoms with E-state index in [1.165, 1.54) is 25.3 Å². The van der Waals surface area contributed by atoms with Crippen molar-refractivity contribution in [3.63, 3.8) is 0 Å². The molecule has 0 spiro atoms. The molecule has 4 N–H and O–H groups in total. The molecule has 1 aliphatic rings. The number of nitrogens with zero attached hydrogens (tertiary/aromatic N) is 1. The number of ether oxygens (including phenoxy) is 1. The molecular formula is C15H21N3O4S. The van der Waals surface area contributed by atoms with Crippen LogP contribution in [0.4, 0.5) is 0 Å². The van der Waals surface area contributed by atoms with Gasteiger partial charge in [0.2, 0.25) is 15.9 Å². The molecule has 2 rings (SSSR count). The Kier molecular flexibility index (Phi) is 5.40. The van der Waals surface area contributed by atoms with Gasteiger partial charge in [-0.2, -0.15) is 0 Å². The van der Waals surface area contributed by atoms with E-state index in [0.717, 1.165) is 12.8 Å². The van der Waals surface area contributed by atoms with Gasteiger partial charge < -0.3 is 15.4 Å². The van der Waals surface area contributed by atoms with Gasteiger partial charge in [0.1, 0.15) is 10.6 Å². The summed E-state index contributed by atoms with van der Waals surface area (Å²) < 4.78 is 28.1. The number of methoxy groups -OCH3 is 1. The lowest BCUT2D eigenvalue weighted by Gasteiger charge is -2.29. The second-order valence-corrected chi connectivity index (χ2v) is 7.01. The zero-order valence-electron chi connectivity index (χ0n) is 12.9. The highest BCUT2D eigenvalue weighted by Gasteiger charge is 2.19. The minimum absolute atomic E-state index is 0.0103. The van der Waals surface area contributed by atoms with Crippen LogP contribution in [0.5, 0.6) is 5.75 Å². The Balaban J connectivity index is 2.18. The third-order valence-electron chi connectivity index (χ3n) is 3.68. The van der Waals surface area contributed by atoms with Crippen LogP contribution in [0.1, 0.15) is 18.4 Å². The maximum absolute atomic E-state index is 12.1. The number of carbonyl (C=O) groups excluding carboxylic acids is 1. The summed E-state index contributed by atoms with van der Waals surface area (Å²) in [6.07, 6.45) is 4.77. The summed E-state index contributed by atoms with van der Waals surface area (Å²) in [5.74, 6) is 0.0195. The topological polar surface area (TPSA) is 116 Å². The Morgan fingerprint density at radius 1 is 1.43 bits per heavy atom. The van der Waals surface area contributed by atoms with E-state index in [2.05, 4.69) is 0 Å². The average Bonchev–Trinajstić information content (AvgIpc) is 2.51. The summed E-state index contributed by atoms with van der Waals surface area (Å²) in [7, 11) is -2.54. The van der Waals surface area contributed by atoms with E-state index < -0.39 is 10.0 Å². The zero-order chi connectivity index (χ0) is 17.0. The van der Waals surface area contributed by atoms with E-state index in [9.17, 15) is 13.2 Å². The molecule has 23 heavy (non-hydrogen) atoms. The highest BCUT2D eigenvalue weighted by molar-refractivity contribution is 7.89. The van der Waals surface area contributed by atoms with Crippen LogP contribution in [0.25, 0.3) is 6.08 Å². The molecule has 126 valence electrons. The molecule has 1 saturated heterocycles. The summed E-state index contributed by atoms with van der Waals surface area (Å²) in [5.41, 5.74) is 6.40. The molecule has 0 unspecified atom stereocenters. The first-order chi connectivity index (χ1) is 10.8. The molecule has 0 aromatic heterocycles. The van der Waals surface area contributed by atoms with Crippen LogP contribution in [-0.2, 0) is 14.8 Å². The van der Waals surface area contributed by atoms with Gasteiger partial charge in [0.05, 0.1) is 7.11 Å². The Hall–Kier alpha value is -1.90. The summed E-state index contributed by atoms with van der Waals surface area (Å²) in [4.78, 5) is 13.7. The van der Waals surface area contributed by atoms with E-state index in [0.29, 0.717) is 18.7 Å². The first-order valence-corrected chi connectivity index (χ1v) is 8.79. The van der Waals surface area contributed by atoms with Crippen molar-refractivity contribution in [2.45, 2.75) is 23.8 Å². The van der Waals surface area contributed by atoms with E-state index in [1.54, 1.807) is 17.0 Å². The summed E-state index contributed by atoms with van der Waals surface area (Å²) >= 11 is 0. The average molecular weight is 339 g/mol. The second-order valence-electron chi connectivity index (χ2n) is 5.48. The standard InChI is InChI=1S/C15H21N3O4S/c1-22-13-6-4-11(9-14(13)23(17,20)21)5-7-15(19)18-8-2-3-12(16)10-18/h4-7,9,12H,2-3,8,10,16H2,1H3,(H2,17,20,21)/b7-5+/t12-/m1/s1. The molecule has 7 nitrogen and oxygen atoms in total. The quantitative estimate of drug-likeness (QED) is 0.766. The number of amides is 1. The van der Waals surface area contributed by atoms with E-state index in [-0.39, 0.29) is 22.6 Å². The molecule has 8 heteroatoms. The molecular weight excluding hydrogens is 318 g/mol. The number of hydrogen-bond donors (Lipinski definition) is 2. The number of primary sulfonamides is 1. The van der Waals surface area contributed by atoms with Gasteiger partial charge in [0, 0.05) is 25.2 Å². The maximum Gasteiger partial charge on any atom is 0.246 e. The minimum atomic E-state index is -3.91. The number of carbonyl (C=O) groups is 1. The molecule has 0 aliphatic carbocycles. The van der Waals surface area contributed by atoms with Crippen molar-refractivity contribution in [1.82, 2.24) is 4.90 Å². The SMILES string of the molecule is COc1ccc(/C=C/C(=O)N2CCC[C@@H](N)C2)cc1S(N)(=O)=O. The van der Waals surface area contributed by atoms with Crippen molar-refractivity contribution >= 4 is 22.0 Å². The van der Waals surface area contributed by atoms with Gasteiger partial charge in [0.25, 0.3) is 0 Å². The molecule has 0 saturated carbocycles. The van der Waals surface area contributed by atoms with Crippen LogP contribution in [-0.4, -0.2) is 45.5 Å². The van der Waals surface area contributed by atoms with Gasteiger partial charge in [0.15, 0.2) is 0 Å². The number of likely N-dealkylation sites (tertiary alicyclic amines) is 1. The fraction of sp³-hybridized carbons (Fsp3) is 0.400. The van der Waals surface area contributed by atoms with Crippen molar-refractivity contribution in [2.24, 2.45) is 10.9 Å².